The Bertz CT molecular complexity index is 389. The minimum Gasteiger partial charge on any atom is -0.469 e. The fourth-order valence-corrected chi connectivity index (χ4v) is 2.31. The Kier molecular flexibility index (Phi) is 3.78. The molecule has 0 radical (unpaired) electrons. The lowest BCUT2D eigenvalue weighted by Crippen LogP contribution is -2.39. The Labute approximate surface area is 101 Å². The number of carbonyl (C=O) groups is 1. The summed E-state index contributed by atoms with van der Waals surface area (Å²) >= 11 is 0. The van der Waals surface area contributed by atoms with Gasteiger partial charge in [-0.3, -0.25) is 9.69 Å². The molecule has 1 aromatic rings. The SMILES string of the molecule is COC(=O)[C@H]1CCCN(Cc2nccn2C)C1. The second kappa shape index (κ2) is 5.31. The molecule has 0 aliphatic carbocycles. The van der Waals surface area contributed by atoms with Crippen molar-refractivity contribution in [2.75, 3.05) is 20.2 Å². The Balaban J connectivity index is 1.94. The van der Waals surface area contributed by atoms with Crippen LogP contribution in [0.1, 0.15) is 18.7 Å². The molecular weight excluding hydrogens is 218 g/mol. The van der Waals surface area contributed by atoms with E-state index >= 15 is 0 Å². The number of nitrogens with zero attached hydrogens (tertiary/aromatic N) is 3. The molecule has 0 N–H and O–H groups in total. The van der Waals surface area contributed by atoms with Crippen LogP contribution in [0.4, 0.5) is 0 Å². The van der Waals surface area contributed by atoms with Gasteiger partial charge in [0.1, 0.15) is 5.82 Å². The molecule has 5 nitrogen and oxygen atoms in total. The smallest absolute Gasteiger partial charge is 0.309 e. The third-order valence-electron chi connectivity index (χ3n) is 3.33. The maximum atomic E-state index is 11.5. The highest BCUT2D eigenvalue weighted by atomic mass is 16.5. The van der Waals surface area contributed by atoms with Crippen molar-refractivity contribution >= 4 is 5.97 Å². The molecule has 1 atom stereocenters. The van der Waals surface area contributed by atoms with Crippen molar-refractivity contribution in [3.05, 3.63) is 18.2 Å². The van der Waals surface area contributed by atoms with Gasteiger partial charge in [0.2, 0.25) is 0 Å². The molecule has 1 aromatic heterocycles. The Morgan fingerprint density at radius 1 is 1.65 bits per heavy atom. The number of ether oxygens (including phenoxy) is 1. The number of piperidine rings is 1. The lowest BCUT2D eigenvalue weighted by Gasteiger charge is -2.30. The summed E-state index contributed by atoms with van der Waals surface area (Å²) in [6.45, 7) is 2.61. The molecular formula is C12H19N3O2. The van der Waals surface area contributed by atoms with E-state index in [1.807, 2.05) is 17.8 Å². The molecule has 1 aliphatic rings. The molecule has 0 saturated carbocycles. The molecule has 0 bridgehead atoms. The maximum absolute atomic E-state index is 11.5. The van der Waals surface area contributed by atoms with Crippen LogP contribution in [0.3, 0.4) is 0 Å². The zero-order valence-corrected chi connectivity index (χ0v) is 10.4. The summed E-state index contributed by atoms with van der Waals surface area (Å²) in [5.41, 5.74) is 0. The van der Waals surface area contributed by atoms with Crippen LogP contribution in [-0.4, -0.2) is 40.6 Å². The Morgan fingerprint density at radius 3 is 3.12 bits per heavy atom. The first kappa shape index (κ1) is 12.1. The number of aromatic nitrogens is 2. The van der Waals surface area contributed by atoms with E-state index in [0.29, 0.717) is 0 Å². The fraction of sp³-hybridized carbons (Fsp3) is 0.667. The Morgan fingerprint density at radius 2 is 2.47 bits per heavy atom. The van der Waals surface area contributed by atoms with Gasteiger partial charge in [-0.1, -0.05) is 0 Å². The quantitative estimate of drug-likeness (QED) is 0.730. The predicted molar refractivity (Wildman–Crippen MR) is 63.2 cm³/mol. The molecule has 1 fully saturated rings. The van der Waals surface area contributed by atoms with Crippen LogP contribution in [-0.2, 0) is 23.1 Å². The molecule has 1 aliphatic heterocycles. The largest absolute Gasteiger partial charge is 0.469 e. The zero-order valence-electron chi connectivity index (χ0n) is 10.4. The number of hydrogen-bond acceptors (Lipinski definition) is 4. The van der Waals surface area contributed by atoms with Gasteiger partial charge in [-0.2, -0.15) is 0 Å². The van der Waals surface area contributed by atoms with Crippen LogP contribution in [0, 0.1) is 5.92 Å². The van der Waals surface area contributed by atoms with Crippen molar-refractivity contribution in [3.63, 3.8) is 0 Å². The van der Waals surface area contributed by atoms with E-state index in [9.17, 15) is 4.79 Å². The van der Waals surface area contributed by atoms with Gasteiger partial charge in [0.25, 0.3) is 0 Å². The molecule has 0 amide bonds. The van der Waals surface area contributed by atoms with Crippen molar-refractivity contribution in [1.29, 1.82) is 0 Å². The van der Waals surface area contributed by atoms with Crippen LogP contribution in [0.15, 0.2) is 12.4 Å². The van der Waals surface area contributed by atoms with E-state index in [1.165, 1.54) is 7.11 Å². The lowest BCUT2D eigenvalue weighted by molar-refractivity contribution is -0.147. The molecule has 0 aromatic carbocycles. The highest BCUT2D eigenvalue weighted by Gasteiger charge is 2.26. The number of imidazole rings is 1. The van der Waals surface area contributed by atoms with E-state index in [2.05, 4.69) is 9.88 Å². The summed E-state index contributed by atoms with van der Waals surface area (Å²) in [5, 5.41) is 0. The summed E-state index contributed by atoms with van der Waals surface area (Å²) in [6.07, 6.45) is 5.72. The average molecular weight is 237 g/mol. The second-order valence-electron chi connectivity index (χ2n) is 4.55. The van der Waals surface area contributed by atoms with E-state index in [-0.39, 0.29) is 11.9 Å². The van der Waals surface area contributed by atoms with Crippen LogP contribution >= 0.6 is 0 Å². The minimum atomic E-state index is -0.0884. The van der Waals surface area contributed by atoms with Gasteiger partial charge in [-0.05, 0) is 19.4 Å². The van der Waals surface area contributed by atoms with Crippen LogP contribution in [0.2, 0.25) is 0 Å². The lowest BCUT2D eigenvalue weighted by atomic mass is 9.98. The van der Waals surface area contributed by atoms with Gasteiger partial charge in [-0.25, -0.2) is 4.98 Å². The third kappa shape index (κ3) is 2.85. The zero-order chi connectivity index (χ0) is 12.3. The summed E-state index contributed by atoms with van der Waals surface area (Å²) < 4.78 is 6.83. The molecule has 94 valence electrons. The minimum absolute atomic E-state index is 0.0222. The third-order valence-corrected chi connectivity index (χ3v) is 3.33. The number of methoxy groups -OCH3 is 1. The normalized spacial score (nSPS) is 21.4. The van der Waals surface area contributed by atoms with Crippen molar-refractivity contribution in [2.24, 2.45) is 13.0 Å². The first-order valence-electron chi connectivity index (χ1n) is 5.97. The van der Waals surface area contributed by atoms with Gasteiger partial charge in [-0.15, -0.1) is 0 Å². The number of aryl methyl sites for hydroxylation is 1. The van der Waals surface area contributed by atoms with Crippen molar-refractivity contribution < 1.29 is 9.53 Å². The Hall–Kier alpha value is -1.36. The second-order valence-corrected chi connectivity index (χ2v) is 4.55. The molecule has 5 heteroatoms. The van der Waals surface area contributed by atoms with E-state index in [0.717, 1.165) is 38.3 Å². The molecule has 1 saturated heterocycles. The summed E-state index contributed by atoms with van der Waals surface area (Å²) in [7, 11) is 3.45. The van der Waals surface area contributed by atoms with Crippen molar-refractivity contribution in [2.45, 2.75) is 19.4 Å². The topological polar surface area (TPSA) is 47.4 Å². The van der Waals surface area contributed by atoms with Crippen molar-refractivity contribution in [1.82, 2.24) is 14.5 Å². The summed E-state index contributed by atoms with van der Waals surface area (Å²) in [6, 6.07) is 0. The van der Waals surface area contributed by atoms with Gasteiger partial charge in [0.15, 0.2) is 0 Å². The fourth-order valence-electron chi connectivity index (χ4n) is 2.31. The molecule has 2 heterocycles. The molecule has 2 rings (SSSR count). The summed E-state index contributed by atoms with van der Waals surface area (Å²) in [5.74, 6) is 0.971. The van der Waals surface area contributed by atoms with E-state index < -0.39 is 0 Å². The molecule has 17 heavy (non-hydrogen) atoms. The van der Waals surface area contributed by atoms with Crippen LogP contribution in [0.5, 0.6) is 0 Å². The van der Waals surface area contributed by atoms with Crippen molar-refractivity contribution in [3.8, 4) is 0 Å². The van der Waals surface area contributed by atoms with Gasteiger partial charge < -0.3 is 9.30 Å². The number of hydrogen-bond donors (Lipinski definition) is 0. The number of likely N-dealkylation sites (tertiary alicyclic amines) is 1. The standard InChI is InChI=1S/C12H19N3O2/c1-14-7-5-13-11(14)9-15-6-3-4-10(8-15)12(16)17-2/h5,7,10H,3-4,6,8-9H2,1-2H3/t10-/m0/s1. The highest BCUT2D eigenvalue weighted by Crippen LogP contribution is 2.19. The average Bonchev–Trinajstić information content (AvgIpc) is 2.74. The number of carbonyl (C=O) groups excluding carboxylic acids is 1. The van der Waals surface area contributed by atoms with Gasteiger partial charge in [0.05, 0.1) is 19.6 Å². The van der Waals surface area contributed by atoms with E-state index in [4.69, 9.17) is 4.74 Å². The maximum Gasteiger partial charge on any atom is 0.309 e. The van der Waals surface area contributed by atoms with E-state index in [1.54, 1.807) is 6.20 Å². The first-order chi connectivity index (χ1) is 8.20. The number of rotatable bonds is 3. The summed E-state index contributed by atoms with van der Waals surface area (Å²) in [4.78, 5) is 18.1. The molecule has 0 spiro atoms. The first-order valence-corrected chi connectivity index (χ1v) is 5.97. The molecule has 0 unspecified atom stereocenters. The predicted octanol–water partition coefficient (Wildman–Crippen LogP) is 0.805. The monoisotopic (exact) mass is 237 g/mol. The number of esters is 1. The van der Waals surface area contributed by atoms with Gasteiger partial charge >= 0.3 is 5.97 Å². The van der Waals surface area contributed by atoms with Crippen LogP contribution in [0.25, 0.3) is 0 Å². The highest BCUT2D eigenvalue weighted by molar-refractivity contribution is 5.72. The van der Waals surface area contributed by atoms with Crippen LogP contribution < -0.4 is 0 Å². The van der Waals surface area contributed by atoms with Gasteiger partial charge in [0, 0.05) is 26.0 Å².